The van der Waals surface area contributed by atoms with Crippen molar-refractivity contribution in [1.29, 1.82) is 0 Å². The van der Waals surface area contributed by atoms with Gasteiger partial charge < -0.3 is 10.6 Å². The lowest BCUT2D eigenvalue weighted by molar-refractivity contribution is 0.102. The van der Waals surface area contributed by atoms with Gasteiger partial charge in [-0.1, -0.05) is 67.4 Å². The van der Waals surface area contributed by atoms with Crippen LogP contribution in [0.1, 0.15) is 70.2 Å². The molecule has 3 N–H and O–H groups in total. The van der Waals surface area contributed by atoms with Gasteiger partial charge in [0, 0.05) is 11.4 Å². The van der Waals surface area contributed by atoms with Crippen LogP contribution in [0.3, 0.4) is 0 Å². The fraction of sp³-hybridized carbons (Fsp3) is 0.370. The molecule has 2 aromatic carbocycles. The number of rotatable bonds is 9. The number of aromatic nitrogens is 1. The van der Waals surface area contributed by atoms with Crippen LogP contribution in [-0.4, -0.2) is 16.9 Å². The molecule has 3 rings (SSSR count). The van der Waals surface area contributed by atoms with Gasteiger partial charge in [-0.05, 0) is 69.4 Å². The average molecular weight is 479 g/mol. The average Bonchev–Trinajstić information content (AvgIpc) is 3.14. The Bertz CT molecular complexity index is 1130. The van der Waals surface area contributed by atoms with E-state index in [1.807, 2.05) is 57.2 Å². The van der Waals surface area contributed by atoms with Crippen LogP contribution in [0.4, 0.5) is 21.3 Å². The van der Waals surface area contributed by atoms with Gasteiger partial charge in [-0.2, -0.15) is 0 Å². The minimum atomic E-state index is -0.387. The molecule has 0 unspecified atom stereocenters. The Hall–Kier alpha value is -3.19. The van der Waals surface area contributed by atoms with E-state index in [1.54, 1.807) is 6.92 Å². The van der Waals surface area contributed by atoms with Crippen molar-refractivity contribution in [2.75, 3.05) is 16.0 Å². The second-order valence-electron chi connectivity index (χ2n) is 8.75. The lowest BCUT2D eigenvalue weighted by Crippen LogP contribution is -2.19. The molecule has 0 fully saturated rings. The largest absolute Gasteiger partial charge is 0.325 e. The van der Waals surface area contributed by atoms with Crippen LogP contribution in [0, 0.1) is 27.7 Å². The topological polar surface area (TPSA) is 83.1 Å². The predicted molar refractivity (Wildman–Crippen MR) is 142 cm³/mol. The van der Waals surface area contributed by atoms with Crippen molar-refractivity contribution < 1.29 is 9.59 Å². The molecule has 3 amide bonds. The van der Waals surface area contributed by atoms with Crippen LogP contribution in [-0.2, 0) is 6.42 Å². The highest BCUT2D eigenvalue weighted by atomic mass is 32.1. The van der Waals surface area contributed by atoms with E-state index in [9.17, 15) is 9.59 Å². The molecule has 0 aliphatic rings. The number of thiazole rings is 1. The van der Waals surface area contributed by atoms with E-state index in [0.717, 1.165) is 40.1 Å². The number of hydrogen-bond acceptors (Lipinski definition) is 4. The maximum absolute atomic E-state index is 12.9. The number of benzene rings is 2. The summed E-state index contributed by atoms with van der Waals surface area (Å²) in [5, 5.41) is 8.95. The standard InChI is InChI=1S/C27H34N4O2S/c1-6-7-8-9-10-21-11-13-22(14-12-21)29-26(33)31-27-28-20(5)24(34-27)25(32)30-23-18(3)15-17(2)16-19(23)4/h11-16H,6-10H2,1-5H3,(H,30,32)(H2,28,29,31,33). The number of anilines is 3. The van der Waals surface area contributed by atoms with Crippen LogP contribution in [0.5, 0.6) is 0 Å². The van der Waals surface area contributed by atoms with Gasteiger partial charge in [0.1, 0.15) is 4.88 Å². The molecule has 0 atom stereocenters. The molecule has 0 bridgehead atoms. The van der Waals surface area contributed by atoms with Gasteiger partial charge in [-0.25, -0.2) is 9.78 Å². The third-order valence-electron chi connectivity index (χ3n) is 5.67. The number of carbonyl (C=O) groups excluding carboxylic acids is 2. The number of nitrogens with one attached hydrogen (secondary N) is 3. The molecule has 180 valence electrons. The quantitative estimate of drug-likeness (QED) is 0.280. The molecule has 0 saturated carbocycles. The smallest absolute Gasteiger partial charge is 0.321 e. The van der Waals surface area contributed by atoms with Crippen LogP contribution in [0.15, 0.2) is 36.4 Å². The Morgan fingerprint density at radius 2 is 1.56 bits per heavy atom. The van der Waals surface area contributed by atoms with E-state index in [1.165, 1.54) is 31.2 Å². The molecule has 0 saturated heterocycles. The molecule has 0 radical (unpaired) electrons. The molecule has 1 heterocycles. The number of aryl methyl sites for hydroxylation is 5. The second-order valence-corrected chi connectivity index (χ2v) is 9.75. The third-order valence-corrected chi connectivity index (χ3v) is 6.74. The van der Waals surface area contributed by atoms with Crippen molar-refractivity contribution in [3.8, 4) is 0 Å². The first-order valence-electron chi connectivity index (χ1n) is 11.8. The van der Waals surface area contributed by atoms with Gasteiger partial charge in [0.15, 0.2) is 5.13 Å². The van der Waals surface area contributed by atoms with E-state index in [0.29, 0.717) is 21.4 Å². The molecule has 1 aromatic heterocycles. The highest BCUT2D eigenvalue weighted by Gasteiger charge is 2.18. The van der Waals surface area contributed by atoms with Crippen molar-refractivity contribution in [3.05, 3.63) is 69.2 Å². The van der Waals surface area contributed by atoms with Crippen molar-refractivity contribution >= 4 is 39.8 Å². The Balaban J connectivity index is 1.58. The predicted octanol–water partition coefficient (Wildman–Crippen LogP) is 7.40. The lowest BCUT2D eigenvalue weighted by atomic mass is 10.1. The summed E-state index contributed by atoms with van der Waals surface area (Å²) in [6.07, 6.45) is 5.98. The summed E-state index contributed by atoms with van der Waals surface area (Å²) in [5.41, 5.74) is 6.55. The first-order valence-corrected chi connectivity index (χ1v) is 12.6. The van der Waals surface area contributed by atoms with Crippen molar-refractivity contribution in [2.24, 2.45) is 0 Å². The zero-order valence-corrected chi connectivity index (χ0v) is 21.5. The molecule has 7 heteroatoms. The minimum absolute atomic E-state index is 0.229. The molecule has 3 aromatic rings. The Morgan fingerprint density at radius 1 is 0.882 bits per heavy atom. The second kappa shape index (κ2) is 11.8. The van der Waals surface area contributed by atoms with Gasteiger partial charge in [-0.15, -0.1) is 0 Å². The maximum Gasteiger partial charge on any atom is 0.325 e. The van der Waals surface area contributed by atoms with E-state index in [2.05, 4.69) is 27.9 Å². The lowest BCUT2D eigenvalue weighted by Gasteiger charge is -2.12. The van der Waals surface area contributed by atoms with Gasteiger partial charge in [-0.3, -0.25) is 10.1 Å². The molecule has 6 nitrogen and oxygen atoms in total. The highest BCUT2D eigenvalue weighted by molar-refractivity contribution is 7.17. The van der Waals surface area contributed by atoms with Gasteiger partial charge in [0.05, 0.1) is 5.69 Å². The number of nitrogens with zero attached hydrogens (tertiary/aromatic N) is 1. The van der Waals surface area contributed by atoms with Crippen LogP contribution in [0.25, 0.3) is 0 Å². The van der Waals surface area contributed by atoms with Gasteiger partial charge >= 0.3 is 6.03 Å². The Morgan fingerprint density at radius 3 is 2.21 bits per heavy atom. The number of carbonyl (C=O) groups is 2. The van der Waals surface area contributed by atoms with Gasteiger partial charge in [0.25, 0.3) is 5.91 Å². The normalized spacial score (nSPS) is 10.7. The molecule has 0 aliphatic heterocycles. The van der Waals surface area contributed by atoms with E-state index >= 15 is 0 Å². The van der Waals surface area contributed by atoms with E-state index < -0.39 is 0 Å². The number of urea groups is 1. The fourth-order valence-electron chi connectivity index (χ4n) is 3.98. The molecular weight excluding hydrogens is 444 g/mol. The number of amides is 3. The minimum Gasteiger partial charge on any atom is -0.321 e. The monoisotopic (exact) mass is 478 g/mol. The highest BCUT2D eigenvalue weighted by Crippen LogP contribution is 2.27. The van der Waals surface area contributed by atoms with E-state index in [4.69, 9.17) is 0 Å². The SMILES string of the molecule is CCCCCCc1ccc(NC(=O)Nc2nc(C)c(C(=O)Nc3c(C)cc(C)cc3C)s2)cc1. The summed E-state index contributed by atoms with van der Waals surface area (Å²) < 4.78 is 0. The fourth-order valence-corrected chi connectivity index (χ4v) is 4.83. The van der Waals surface area contributed by atoms with E-state index in [-0.39, 0.29) is 11.9 Å². The molecule has 0 aliphatic carbocycles. The van der Waals surface area contributed by atoms with Crippen LogP contribution < -0.4 is 16.0 Å². The summed E-state index contributed by atoms with van der Waals surface area (Å²) in [4.78, 5) is 30.2. The number of hydrogen-bond donors (Lipinski definition) is 3. The molecule has 34 heavy (non-hydrogen) atoms. The van der Waals surface area contributed by atoms with Crippen molar-refractivity contribution in [1.82, 2.24) is 4.98 Å². The maximum atomic E-state index is 12.9. The third kappa shape index (κ3) is 6.90. The number of unbranched alkanes of at least 4 members (excludes halogenated alkanes) is 3. The zero-order valence-electron chi connectivity index (χ0n) is 20.7. The summed E-state index contributed by atoms with van der Waals surface area (Å²) >= 11 is 1.16. The first kappa shape index (κ1) is 25.4. The first-order chi connectivity index (χ1) is 16.3. The van der Waals surface area contributed by atoms with Crippen LogP contribution in [0.2, 0.25) is 0 Å². The van der Waals surface area contributed by atoms with Crippen molar-refractivity contribution in [2.45, 2.75) is 66.7 Å². The summed E-state index contributed by atoms with van der Waals surface area (Å²) in [7, 11) is 0. The van der Waals surface area contributed by atoms with Crippen LogP contribution >= 0.6 is 11.3 Å². The summed E-state index contributed by atoms with van der Waals surface area (Å²) in [6.45, 7) is 9.96. The molecular formula is C27H34N4O2S. The van der Waals surface area contributed by atoms with Crippen molar-refractivity contribution in [3.63, 3.8) is 0 Å². The van der Waals surface area contributed by atoms with Gasteiger partial charge in [0.2, 0.25) is 0 Å². The Kier molecular flexibility index (Phi) is 8.82. The summed E-state index contributed by atoms with van der Waals surface area (Å²) in [5.74, 6) is -0.229. The Labute approximate surface area is 206 Å². The zero-order chi connectivity index (χ0) is 24.7. The summed E-state index contributed by atoms with van der Waals surface area (Å²) in [6, 6.07) is 11.6. The molecule has 0 spiro atoms.